The predicted molar refractivity (Wildman–Crippen MR) is 49.5 cm³/mol. The highest BCUT2D eigenvalue weighted by Crippen LogP contribution is 2.17. The number of carbonyl (C=O) groups is 1. The molecule has 0 aromatic carbocycles. The van der Waals surface area contributed by atoms with Gasteiger partial charge in [-0.05, 0) is 19.3 Å². The number of urea groups is 1. The molecule has 0 saturated heterocycles. The highest BCUT2D eigenvalue weighted by Gasteiger charge is 2.18. The summed E-state index contributed by atoms with van der Waals surface area (Å²) in [6, 6.07) is 1.97. The van der Waals surface area contributed by atoms with Gasteiger partial charge in [0.15, 0.2) is 0 Å². The van der Waals surface area contributed by atoms with E-state index in [-0.39, 0.29) is 6.03 Å². The lowest BCUT2D eigenvalue weighted by Crippen LogP contribution is -2.44. The number of carbonyl (C=O) groups excluding carboxylic acids is 1. The van der Waals surface area contributed by atoms with E-state index in [1.165, 1.54) is 12.7 Å². The monoisotopic (exact) mass is 195 g/mol. The summed E-state index contributed by atoms with van der Waals surface area (Å²) < 4.78 is 4.64. The molecule has 1 saturated carbocycles. The van der Waals surface area contributed by atoms with E-state index >= 15 is 0 Å². The van der Waals surface area contributed by atoms with Gasteiger partial charge in [-0.25, -0.2) is 4.79 Å². The van der Waals surface area contributed by atoms with Crippen LogP contribution in [0.2, 0.25) is 0 Å². The minimum absolute atomic E-state index is 0.127. The van der Waals surface area contributed by atoms with Crippen LogP contribution < -0.4 is 10.6 Å². The lowest BCUT2D eigenvalue weighted by atomic mass is 9.93. The molecule has 1 heterocycles. The van der Waals surface area contributed by atoms with Crippen LogP contribution in [-0.2, 0) is 6.54 Å². The summed E-state index contributed by atoms with van der Waals surface area (Å²) in [4.78, 5) is 11.3. The van der Waals surface area contributed by atoms with Crippen LogP contribution >= 0.6 is 0 Å². The van der Waals surface area contributed by atoms with Gasteiger partial charge in [0.25, 0.3) is 0 Å². The molecule has 0 aliphatic heterocycles. The highest BCUT2D eigenvalue weighted by molar-refractivity contribution is 5.74. The molecule has 0 unspecified atom stereocenters. The van der Waals surface area contributed by atoms with E-state index in [4.69, 9.17) is 0 Å². The van der Waals surface area contributed by atoms with Crippen molar-refractivity contribution < 1.29 is 9.32 Å². The normalized spacial score (nSPS) is 16.0. The molecule has 1 aliphatic carbocycles. The number of nitrogens with zero attached hydrogens (tertiary/aromatic N) is 1. The van der Waals surface area contributed by atoms with Crippen LogP contribution in [0, 0.1) is 0 Å². The van der Waals surface area contributed by atoms with Gasteiger partial charge >= 0.3 is 6.03 Å². The molecule has 0 radical (unpaired) electrons. The quantitative estimate of drug-likeness (QED) is 0.756. The third kappa shape index (κ3) is 2.25. The van der Waals surface area contributed by atoms with Crippen LogP contribution in [0.15, 0.2) is 16.9 Å². The molecule has 14 heavy (non-hydrogen) atoms. The lowest BCUT2D eigenvalue weighted by molar-refractivity contribution is 0.228. The van der Waals surface area contributed by atoms with Crippen molar-refractivity contribution in [1.29, 1.82) is 0 Å². The Morgan fingerprint density at radius 2 is 2.50 bits per heavy atom. The molecule has 2 N–H and O–H groups in total. The van der Waals surface area contributed by atoms with Crippen LogP contribution in [0.5, 0.6) is 0 Å². The van der Waals surface area contributed by atoms with E-state index < -0.39 is 0 Å². The van der Waals surface area contributed by atoms with Gasteiger partial charge in [0.05, 0.1) is 6.54 Å². The minimum Gasteiger partial charge on any atom is -0.364 e. The topological polar surface area (TPSA) is 67.2 Å². The van der Waals surface area contributed by atoms with E-state index in [9.17, 15) is 4.79 Å². The molecule has 2 amide bonds. The van der Waals surface area contributed by atoms with Gasteiger partial charge in [0.2, 0.25) is 0 Å². The SMILES string of the molecule is O=C(NCc1ccon1)NC1CCC1. The van der Waals surface area contributed by atoms with Crippen molar-refractivity contribution in [3.63, 3.8) is 0 Å². The van der Waals surface area contributed by atoms with Gasteiger partial charge in [-0.15, -0.1) is 0 Å². The van der Waals surface area contributed by atoms with Crippen molar-refractivity contribution in [2.75, 3.05) is 0 Å². The Balaban J connectivity index is 1.67. The lowest BCUT2D eigenvalue weighted by Gasteiger charge is -2.26. The fourth-order valence-corrected chi connectivity index (χ4v) is 1.29. The fraction of sp³-hybridized carbons (Fsp3) is 0.556. The highest BCUT2D eigenvalue weighted by atomic mass is 16.5. The molecule has 1 fully saturated rings. The first kappa shape index (κ1) is 9.05. The predicted octanol–water partition coefficient (Wildman–Crippen LogP) is 1.03. The average molecular weight is 195 g/mol. The summed E-state index contributed by atoms with van der Waals surface area (Å²) in [6.45, 7) is 0.412. The first-order chi connectivity index (χ1) is 6.84. The molecule has 1 aliphatic rings. The van der Waals surface area contributed by atoms with Crippen LogP contribution in [0.25, 0.3) is 0 Å². The number of aromatic nitrogens is 1. The summed E-state index contributed by atoms with van der Waals surface area (Å²) in [5, 5.41) is 9.27. The average Bonchev–Trinajstić information content (AvgIpc) is 2.60. The zero-order chi connectivity index (χ0) is 9.80. The maximum atomic E-state index is 11.3. The number of hydrogen-bond acceptors (Lipinski definition) is 3. The zero-order valence-corrected chi connectivity index (χ0v) is 7.82. The van der Waals surface area contributed by atoms with E-state index in [1.54, 1.807) is 6.07 Å². The molecule has 0 atom stereocenters. The second-order valence-corrected chi connectivity index (χ2v) is 3.45. The molecule has 5 nitrogen and oxygen atoms in total. The Labute approximate surface area is 81.8 Å². The number of nitrogens with one attached hydrogen (secondary N) is 2. The molecule has 0 spiro atoms. The molecular weight excluding hydrogens is 182 g/mol. The van der Waals surface area contributed by atoms with Gasteiger partial charge in [-0.1, -0.05) is 5.16 Å². The summed E-state index contributed by atoms with van der Waals surface area (Å²) in [5.74, 6) is 0. The van der Waals surface area contributed by atoms with E-state index in [1.807, 2.05) is 0 Å². The van der Waals surface area contributed by atoms with Gasteiger partial charge < -0.3 is 15.2 Å². The first-order valence-electron chi connectivity index (χ1n) is 4.78. The van der Waals surface area contributed by atoms with Crippen LogP contribution in [0.4, 0.5) is 4.79 Å². The molecule has 1 aromatic rings. The standard InChI is InChI=1S/C9H13N3O2/c13-9(11-7-2-1-3-7)10-6-8-4-5-14-12-8/h4-5,7H,1-3,6H2,(H2,10,11,13). The zero-order valence-electron chi connectivity index (χ0n) is 7.82. The van der Waals surface area contributed by atoms with Gasteiger partial charge in [-0.3, -0.25) is 0 Å². The largest absolute Gasteiger partial charge is 0.364 e. The maximum Gasteiger partial charge on any atom is 0.315 e. The Kier molecular flexibility index (Phi) is 2.67. The summed E-state index contributed by atoms with van der Waals surface area (Å²) in [5.41, 5.74) is 0.730. The summed E-state index contributed by atoms with van der Waals surface area (Å²) in [7, 11) is 0. The maximum absolute atomic E-state index is 11.3. The van der Waals surface area contributed by atoms with Crippen molar-refractivity contribution in [1.82, 2.24) is 15.8 Å². The molecule has 2 rings (SSSR count). The molecule has 76 valence electrons. The van der Waals surface area contributed by atoms with Crippen LogP contribution in [0.1, 0.15) is 25.0 Å². The Morgan fingerprint density at radius 1 is 1.64 bits per heavy atom. The fourth-order valence-electron chi connectivity index (χ4n) is 1.29. The number of hydrogen-bond donors (Lipinski definition) is 2. The Bertz CT molecular complexity index is 293. The van der Waals surface area contributed by atoms with E-state index in [2.05, 4.69) is 20.3 Å². The smallest absolute Gasteiger partial charge is 0.315 e. The van der Waals surface area contributed by atoms with Crippen molar-refractivity contribution in [3.05, 3.63) is 18.0 Å². The molecule has 0 bridgehead atoms. The first-order valence-corrected chi connectivity index (χ1v) is 4.78. The van der Waals surface area contributed by atoms with Crippen molar-refractivity contribution in [2.45, 2.75) is 31.8 Å². The van der Waals surface area contributed by atoms with Gasteiger partial charge in [0, 0.05) is 12.1 Å². The van der Waals surface area contributed by atoms with Crippen LogP contribution in [0.3, 0.4) is 0 Å². The van der Waals surface area contributed by atoms with Crippen LogP contribution in [-0.4, -0.2) is 17.2 Å². The Hall–Kier alpha value is -1.52. The molecular formula is C9H13N3O2. The second kappa shape index (κ2) is 4.13. The van der Waals surface area contributed by atoms with Gasteiger partial charge in [-0.2, -0.15) is 0 Å². The van der Waals surface area contributed by atoms with Crippen molar-refractivity contribution in [2.24, 2.45) is 0 Å². The molecule has 1 aromatic heterocycles. The number of amides is 2. The van der Waals surface area contributed by atoms with E-state index in [0.717, 1.165) is 18.5 Å². The summed E-state index contributed by atoms with van der Waals surface area (Å²) >= 11 is 0. The second-order valence-electron chi connectivity index (χ2n) is 3.45. The third-order valence-corrected chi connectivity index (χ3v) is 2.36. The Morgan fingerprint density at radius 3 is 3.07 bits per heavy atom. The van der Waals surface area contributed by atoms with Crippen molar-refractivity contribution >= 4 is 6.03 Å². The number of rotatable bonds is 3. The van der Waals surface area contributed by atoms with Crippen molar-refractivity contribution in [3.8, 4) is 0 Å². The minimum atomic E-state index is -0.127. The third-order valence-electron chi connectivity index (χ3n) is 2.36. The van der Waals surface area contributed by atoms with E-state index in [0.29, 0.717) is 12.6 Å². The summed E-state index contributed by atoms with van der Waals surface area (Å²) in [6.07, 6.45) is 4.89. The van der Waals surface area contributed by atoms with Gasteiger partial charge in [0.1, 0.15) is 12.0 Å². The molecule has 5 heteroatoms.